The van der Waals surface area contributed by atoms with Crippen molar-refractivity contribution in [2.45, 2.75) is 31.6 Å². The van der Waals surface area contributed by atoms with E-state index in [0.717, 1.165) is 12.2 Å². The van der Waals surface area contributed by atoms with Crippen molar-refractivity contribution in [1.29, 1.82) is 0 Å². The molecular formula is C13H21NOS. The first-order valence-electron chi connectivity index (χ1n) is 5.74. The van der Waals surface area contributed by atoms with Crippen LogP contribution in [0.15, 0.2) is 24.3 Å². The van der Waals surface area contributed by atoms with Crippen LogP contribution in [-0.2, 0) is 0 Å². The van der Waals surface area contributed by atoms with Gasteiger partial charge in [-0.1, -0.05) is 31.2 Å². The lowest BCUT2D eigenvalue weighted by Gasteiger charge is -2.24. The Morgan fingerprint density at radius 2 is 2.06 bits per heavy atom. The van der Waals surface area contributed by atoms with Gasteiger partial charge in [0, 0.05) is 17.0 Å². The summed E-state index contributed by atoms with van der Waals surface area (Å²) in [6.45, 7) is 4.43. The van der Waals surface area contributed by atoms with Crippen LogP contribution in [0.25, 0.3) is 0 Å². The molecule has 3 heteroatoms. The third kappa shape index (κ3) is 3.51. The zero-order valence-corrected chi connectivity index (χ0v) is 10.8. The standard InChI is InChI=1S/C13H21NOS/c1-3-12(14)13(16-9-8-15)11-7-5-4-6-10(11)2/h4-7,12-13,15H,3,8-9,14H2,1-2H3. The molecule has 0 spiro atoms. The van der Waals surface area contributed by atoms with Crippen molar-refractivity contribution in [2.75, 3.05) is 12.4 Å². The van der Waals surface area contributed by atoms with E-state index in [1.807, 2.05) is 6.07 Å². The zero-order valence-electron chi connectivity index (χ0n) is 10.0. The van der Waals surface area contributed by atoms with Gasteiger partial charge in [-0.2, -0.15) is 0 Å². The molecule has 0 heterocycles. The molecule has 3 N–H and O–H groups in total. The van der Waals surface area contributed by atoms with Gasteiger partial charge in [-0.25, -0.2) is 0 Å². The number of nitrogens with two attached hydrogens (primary N) is 1. The molecule has 0 aromatic heterocycles. The molecule has 0 aliphatic rings. The third-order valence-corrected chi connectivity index (χ3v) is 4.12. The Labute approximate surface area is 102 Å². The quantitative estimate of drug-likeness (QED) is 0.802. The van der Waals surface area contributed by atoms with E-state index < -0.39 is 0 Å². The fraction of sp³-hybridized carbons (Fsp3) is 0.538. The summed E-state index contributed by atoms with van der Waals surface area (Å²) in [5, 5.41) is 9.21. The van der Waals surface area contributed by atoms with Gasteiger partial charge in [0.15, 0.2) is 0 Å². The maximum atomic E-state index is 8.92. The average molecular weight is 239 g/mol. The Balaban J connectivity index is 2.87. The molecule has 0 radical (unpaired) electrons. The number of hydrogen-bond acceptors (Lipinski definition) is 3. The molecule has 0 bridgehead atoms. The topological polar surface area (TPSA) is 46.2 Å². The van der Waals surface area contributed by atoms with Gasteiger partial charge in [0.25, 0.3) is 0 Å². The highest BCUT2D eigenvalue weighted by molar-refractivity contribution is 7.99. The van der Waals surface area contributed by atoms with E-state index in [1.54, 1.807) is 11.8 Å². The highest BCUT2D eigenvalue weighted by atomic mass is 32.2. The summed E-state index contributed by atoms with van der Waals surface area (Å²) in [6.07, 6.45) is 0.956. The molecule has 90 valence electrons. The van der Waals surface area contributed by atoms with Gasteiger partial charge in [0.05, 0.1) is 6.61 Å². The molecule has 2 unspecified atom stereocenters. The highest BCUT2D eigenvalue weighted by Crippen LogP contribution is 2.34. The van der Waals surface area contributed by atoms with Gasteiger partial charge in [0.1, 0.15) is 0 Å². The van der Waals surface area contributed by atoms with Crippen molar-refractivity contribution in [2.24, 2.45) is 5.73 Å². The Morgan fingerprint density at radius 1 is 1.38 bits per heavy atom. The van der Waals surface area contributed by atoms with E-state index in [1.165, 1.54) is 11.1 Å². The van der Waals surface area contributed by atoms with E-state index in [-0.39, 0.29) is 12.6 Å². The van der Waals surface area contributed by atoms with Gasteiger partial charge < -0.3 is 10.8 Å². The normalized spacial score (nSPS) is 14.8. The number of rotatable bonds is 6. The highest BCUT2D eigenvalue weighted by Gasteiger charge is 2.19. The van der Waals surface area contributed by atoms with Crippen LogP contribution < -0.4 is 5.73 Å². The maximum Gasteiger partial charge on any atom is 0.0521 e. The van der Waals surface area contributed by atoms with Crippen molar-refractivity contribution in [1.82, 2.24) is 0 Å². The minimum Gasteiger partial charge on any atom is -0.396 e. The van der Waals surface area contributed by atoms with Gasteiger partial charge in [-0.05, 0) is 24.5 Å². The van der Waals surface area contributed by atoms with E-state index in [4.69, 9.17) is 10.8 Å². The lowest BCUT2D eigenvalue weighted by atomic mass is 10.00. The second-order valence-electron chi connectivity index (χ2n) is 3.94. The zero-order chi connectivity index (χ0) is 12.0. The molecule has 16 heavy (non-hydrogen) atoms. The minimum absolute atomic E-state index is 0.151. The summed E-state index contributed by atoms with van der Waals surface area (Å²) >= 11 is 1.75. The lowest BCUT2D eigenvalue weighted by Crippen LogP contribution is -2.26. The van der Waals surface area contributed by atoms with Crippen molar-refractivity contribution >= 4 is 11.8 Å². The third-order valence-electron chi connectivity index (χ3n) is 2.74. The molecule has 0 aliphatic carbocycles. The summed E-state index contributed by atoms with van der Waals surface area (Å²) in [5.74, 6) is 0.743. The van der Waals surface area contributed by atoms with Crippen LogP contribution in [0.3, 0.4) is 0 Å². The summed E-state index contributed by atoms with van der Waals surface area (Å²) in [4.78, 5) is 0. The molecular weight excluding hydrogens is 218 g/mol. The second-order valence-corrected chi connectivity index (χ2v) is 5.19. The summed E-state index contributed by atoms with van der Waals surface area (Å²) in [6, 6.07) is 8.50. The number of aliphatic hydroxyl groups is 1. The van der Waals surface area contributed by atoms with E-state index in [2.05, 4.69) is 32.0 Å². The van der Waals surface area contributed by atoms with E-state index >= 15 is 0 Å². The number of hydrogen-bond donors (Lipinski definition) is 2. The molecule has 0 saturated carbocycles. The summed E-state index contributed by atoms with van der Waals surface area (Å²) < 4.78 is 0. The van der Waals surface area contributed by atoms with E-state index in [0.29, 0.717) is 5.25 Å². The van der Waals surface area contributed by atoms with E-state index in [9.17, 15) is 0 Å². The first-order valence-corrected chi connectivity index (χ1v) is 6.79. The van der Waals surface area contributed by atoms with Crippen LogP contribution in [0.4, 0.5) is 0 Å². The predicted molar refractivity (Wildman–Crippen MR) is 71.7 cm³/mol. The first-order chi connectivity index (χ1) is 7.70. The van der Waals surface area contributed by atoms with Crippen molar-refractivity contribution < 1.29 is 5.11 Å². The largest absolute Gasteiger partial charge is 0.396 e. The van der Waals surface area contributed by atoms with Crippen molar-refractivity contribution in [3.8, 4) is 0 Å². The fourth-order valence-corrected chi connectivity index (χ4v) is 2.99. The van der Waals surface area contributed by atoms with Crippen molar-refractivity contribution in [3.63, 3.8) is 0 Å². The van der Waals surface area contributed by atoms with Gasteiger partial charge in [0.2, 0.25) is 0 Å². The van der Waals surface area contributed by atoms with Gasteiger partial charge in [-0.3, -0.25) is 0 Å². The fourth-order valence-electron chi connectivity index (χ4n) is 1.74. The minimum atomic E-state index is 0.151. The molecule has 1 rings (SSSR count). The molecule has 2 atom stereocenters. The number of aryl methyl sites for hydroxylation is 1. The smallest absolute Gasteiger partial charge is 0.0521 e. The summed E-state index contributed by atoms with van der Waals surface area (Å²) in [5.41, 5.74) is 8.74. The Kier molecular flexibility index (Phi) is 5.88. The molecule has 0 amide bonds. The average Bonchev–Trinajstić information content (AvgIpc) is 2.31. The van der Waals surface area contributed by atoms with Crippen LogP contribution in [0.5, 0.6) is 0 Å². The monoisotopic (exact) mass is 239 g/mol. The second kappa shape index (κ2) is 6.94. The van der Waals surface area contributed by atoms with Crippen LogP contribution in [0.2, 0.25) is 0 Å². The number of aliphatic hydroxyl groups excluding tert-OH is 1. The van der Waals surface area contributed by atoms with Crippen LogP contribution in [-0.4, -0.2) is 23.5 Å². The van der Waals surface area contributed by atoms with Gasteiger partial charge >= 0.3 is 0 Å². The maximum absolute atomic E-state index is 8.92. The predicted octanol–water partition coefficient (Wildman–Crippen LogP) is 2.50. The Bertz CT molecular complexity index is 317. The molecule has 1 aromatic rings. The first kappa shape index (κ1) is 13.6. The van der Waals surface area contributed by atoms with Crippen LogP contribution in [0.1, 0.15) is 29.7 Å². The molecule has 0 fully saturated rings. The molecule has 0 saturated heterocycles. The van der Waals surface area contributed by atoms with Crippen LogP contribution in [0, 0.1) is 6.92 Å². The SMILES string of the molecule is CCC(N)C(SCCO)c1ccccc1C. The molecule has 1 aromatic carbocycles. The lowest BCUT2D eigenvalue weighted by molar-refractivity contribution is 0.322. The molecule has 2 nitrogen and oxygen atoms in total. The van der Waals surface area contributed by atoms with Gasteiger partial charge in [-0.15, -0.1) is 11.8 Å². The number of thioether (sulfide) groups is 1. The van der Waals surface area contributed by atoms with Crippen LogP contribution >= 0.6 is 11.8 Å². The number of benzene rings is 1. The Hall–Kier alpha value is -0.510. The summed E-state index contributed by atoms with van der Waals surface area (Å²) in [7, 11) is 0. The molecule has 0 aliphatic heterocycles. The Morgan fingerprint density at radius 3 is 2.62 bits per heavy atom. The van der Waals surface area contributed by atoms with Crippen molar-refractivity contribution in [3.05, 3.63) is 35.4 Å².